The van der Waals surface area contributed by atoms with Crippen LogP contribution in [-0.2, 0) is 0 Å². The average molecular weight is 278 g/mol. The Labute approximate surface area is 109 Å². The highest BCUT2D eigenvalue weighted by atomic mass is 32.1. The highest BCUT2D eigenvalue weighted by Crippen LogP contribution is 2.39. The fraction of sp³-hybridized carbons (Fsp3) is 0. The minimum Gasteiger partial charge on any atom is -0.478 e. The van der Waals surface area contributed by atoms with E-state index in [1.54, 1.807) is 22.9 Å². The van der Waals surface area contributed by atoms with E-state index in [1.165, 1.54) is 22.7 Å². The first-order valence-corrected chi connectivity index (χ1v) is 6.74. The minimum absolute atomic E-state index is 0.121. The zero-order valence-corrected chi connectivity index (χ0v) is 10.5. The second-order valence-electron chi connectivity index (χ2n) is 3.69. The quantitative estimate of drug-likeness (QED) is 0.752. The van der Waals surface area contributed by atoms with E-state index in [9.17, 15) is 19.8 Å². The monoisotopic (exact) mass is 278 g/mol. The van der Waals surface area contributed by atoms with Crippen LogP contribution in [-0.4, -0.2) is 22.2 Å². The second kappa shape index (κ2) is 3.79. The zero-order valence-electron chi connectivity index (χ0n) is 8.84. The zero-order chi connectivity index (χ0) is 12.9. The van der Waals surface area contributed by atoms with Crippen molar-refractivity contribution in [3.8, 4) is 0 Å². The van der Waals surface area contributed by atoms with Gasteiger partial charge in [-0.1, -0.05) is 0 Å². The van der Waals surface area contributed by atoms with Gasteiger partial charge < -0.3 is 10.2 Å². The molecule has 3 aromatic rings. The van der Waals surface area contributed by atoms with Gasteiger partial charge in [0.25, 0.3) is 0 Å². The first kappa shape index (κ1) is 11.2. The molecule has 0 spiro atoms. The van der Waals surface area contributed by atoms with Crippen molar-refractivity contribution in [2.45, 2.75) is 0 Å². The molecule has 0 atom stereocenters. The van der Waals surface area contributed by atoms with Crippen LogP contribution in [0.4, 0.5) is 0 Å². The van der Waals surface area contributed by atoms with Crippen molar-refractivity contribution in [3.05, 3.63) is 34.0 Å². The molecule has 2 aromatic heterocycles. The summed E-state index contributed by atoms with van der Waals surface area (Å²) in [6.07, 6.45) is 0. The Morgan fingerprint density at radius 1 is 0.833 bits per heavy atom. The third-order valence-electron chi connectivity index (χ3n) is 2.75. The molecule has 0 aliphatic rings. The first-order chi connectivity index (χ1) is 8.61. The van der Waals surface area contributed by atoms with Crippen LogP contribution in [0.3, 0.4) is 0 Å². The van der Waals surface area contributed by atoms with E-state index in [0.717, 1.165) is 9.40 Å². The predicted octanol–water partition coefficient (Wildman–Crippen LogP) is 3.51. The van der Waals surface area contributed by atoms with Crippen molar-refractivity contribution in [2.75, 3.05) is 0 Å². The largest absolute Gasteiger partial charge is 0.478 e. The van der Waals surface area contributed by atoms with Crippen molar-refractivity contribution in [2.24, 2.45) is 0 Å². The molecule has 0 unspecified atom stereocenters. The SMILES string of the molecule is O=C(O)c1c(C(=O)O)c2ccsc2c2sccc12. The third-order valence-corrected chi connectivity index (χ3v) is 4.75. The van der Waals surface area contributed by atoms with Crippen LogP contribution in [0, 0.1) is 0 Å². The average Bonchev–Trinajstić information content (AvgIpc) is 2.93. The Morgan fingerprint density at radius 2 is 1.22 bits per heavy atom. The van der Waals surface area contributed by atoms with Gasteiger partial charge in [-0.3, -0.25) is 0 Å². The van der Waals surface area contributed by atoms with Gasteiger partial charge in [-0.2, -0.15) is 0 Å². The molecule has 0 aliphatic carbocycles. The lowest BCUT2D eigenvalue weighted by molar-refractivity contribution is 0.0655. The molecule has 4 nitrogen and oxygen atoms in total. The maximum absolute atomic E-state index is 11.3. The van der Waals surface area contributed by atoms with Gasteiger partial charge in [-0.05, 0) is 22.9 Å². The Bertz CT molecular complexity index is 729. The van der Waals surface area contributed by atoms with Gasteiger partial charge in [-0.25, -0.2) is 9.59 Å². The van der Waals surface area contributed by atoms with E-state index >= 15 is 0 Å². The number of hydrogen-bond donors (Lipinski definition) is 2. The molecule has 0 aliphatic heterocycles. The number of hydrogen-bond acceptors (Lipinski definition) is 4. The number of fused-ring (bicyclic) bond motifs is 3. The molecule has 0 amide bonds. The smallest absolute Gasteiger partial charge is 0.337 e. The van der Waals surface area contributed by atoms with E-state index in [4.69, 9.17) is 0 Å². The molecule has 0 saturated carbocycles. The Hall–Kier alpha value is -1.92. The summed E-state index contributed by atoms with van der Waals surface area (Å²) in [4.78, 5) is 22.7. The van der Waals surface area contributed by atoms with Crippen LogP contribution in [0.25, 0.3) is 20.2 Å². The van der Waals surface area contributed by atoms with Crippen LogP contribution in [0.1, 0.15) is 20.7 Å². The summed E-state index contributed by atoms with van der Waals surface area (Å²) in [5.74, 6) is -2.41. The number of aromatic carboxylic acids is 2. The van der Waals surface area contributed by atoms with Crippen molar-refractivity contribution < 1.29 is 19.8 Å². The number of carboxylic acids is 2. The second-order valence-corrected chi connectivity index (χ2v) is 5.52. The standard InChI is InChI=1S/C12H6O4S2/c13-11(14)7-5-1-3-17-9(5)10-6(2-4-18-10)8(7)12(15)16/h1-4H,(H,13,14)(H,15,16). The Morgan fingerprint density at radius 3 is 1.56 bits per heavy atom. The summed E-state index contributed by atoms with van der Waals surface area (Å²) in [6.45, 7) is 0. The molecule has 0 radical (unpaired) electrons. The summed E-state index contributed by atoms with van der Waals surface area (Å²) in [5.41, 5.74) is -0.241. The van der Waals surface area contributed by atoms with Crippen LogP contribution in [0.15, 0.2) is 22.9 Å². The van der Waals surface area contributed by atoms with Gasteiger partial charge >= 0.3 is 11.9 Å². The Balaban J connectivity index is 2.66. The number of carboxylic acid groups (broad SMARTS) is 2. The fourth-order valence-corrected chi connectivity index (χ4v) is 4.07. The number of thiophene rings is 2. The van der Waals surface area contributed by atoms with Gasteiger partial charge in [0, 0.05) is 10.8 Å². The summed E-state index contributed by atoms with van der Waals surface area (Å²) in [6, 6.07) is 3.32. The van der Waals surface area contributed by atoms with Crippen LogP contribution >= 0.6 is 22.7 Å². The molecular formula is C12H6O4S2. The molecule has 3 rings (SSSR count). The van der Waals surface area contributed by atoms with E-state index in [-0.39, 0.29) is 11.1 Å². The number of benzene rings is 1. The van der Waals surface area contributed by atoms with E-state index in [1.807, 2.05) is 0 Å². The molecule has 0 saturated heterocycles. The van der Waals surface area contributed by atoms with Gasteiger partial charge in [0.15, 0.2) is 0 Å². The highest BCUT2D eigenvalue weighted by molar-refractivity contribution is 7.25. The summed E-state index contributed by atoms with van der Waals surface area (Å²) in [7, 11) is 0. The van der Waals surface area contributed by atoms with Crippen molar-refractivity contribution in [3.63, 3.8) is 0 Å². The van der Waals surface area contributed by atoms with Gasteiger partial charge in [0.2, 0.25) is 0 Å². The van der Waals surface area contributed by atoms with Gasteiger partial charge in [-0.15, -0.1) is 22.7 Å². The molecule has 2 N–H and O–H groups in total. The van der Waals surface area contributed by atoms with Crippen LogP contribution < -0.4 is 0 Å². The Kier molecular flexibility index (Phi) is 2.36. The number of rotatable bonds is 2. The first-order valence-electron chi connectivity index (χ1n) is 4.98. The van der Waals surface area contributed by atoms with E-state index in [0.29, 0.717) is 10.8 Å². The molecule has 0 fully saturated rings. The molecular weight excluding hydrogens is 272 g/mol. The summed E-state index contributed by atoms with van der Waals surface area (Å²) >= 11 is 2.86. The van der Waals surface area contributed by atoms with E-state index in [2.05, 4.69) is 0 Å². The minimum atomic E-state index is -1.20. The summed E-state index contributed by atoms with van der Waals surface area (Å²) < 4.78 is 1.67. The lowest BCUT2D eigenvalue weighted by Crippen LogP contribution is -2.08. The lowest BCUT2D eigenvalue weighted by atomic mass is 10.00. The van der Waals surface area contributed by atoms with Crippen LogP contribution in [0.2, 0.25) is 0 Å². The van der Waals surface area contributed by atoms with Gasteiger partial charge in [0.05, 0.1) is 20.5 Å². The molecule has 2 heterocycles. The molecule has 1 aromatic carbocycles. The normalized spacial score (nSPS) is 11.1. The molecule has 18 heavy (non-hydrogen) atoms. The highest BCUT2D eigenvalue weighted by Gasteiger charge is 2.24. The topological polar surface area (TPSA) is 74.6 Å². The predicted molar refractivity (Wildman–Crippen MR) is 71.1 cm³/mol. The number of carbonyl (C=O) groups is 2. The molecule has 0 bridgehead atoms. The van der Waals surface area contributed by atoms with Crippen molar-refractivity contribution in [1.82, 2.24) is 0 Å². The van der Waals surface area contributed by atoms with Crippen molar-refractivity contribution in [1.29, 1.82) is 0 Å². The van der Waals surface area contributed by atoms with Crippen LogP contribution in [0.5, 0.6) is 0 Å². The maximum Gasteiger partial charge on any atom is 0.337 e. The molecule has 6 heteroatoms. The fourth-order valence-electron chi connectivity index (χ4n) is 2.08. The summed E-state index contributed by atoms with van der Waals surface area (Å²) in [5, 5.41) is 23.1. The maximum atomic E-state index is 11.3. The van der Waals surface area contributed by atoms with Crippen molar-refractivity contribution >= 4 is 54.8 Å². The van der Waals surface area contributed by atoms with E-state index < -0.39 is 11.9 Å². The molecule has 90 valence electrons. The van der Waals surface area contributed by atoms with Gasteiger partial charge in [0.1, 0.15) is 0 Å². The lowest BCUT2D eigenvalue weighted by Gasteiger charge is -2.05. The third kappa shape index (κ3) is 1.36.